The van der Waals surface area contributed by atoms with Crippen molar-refractivity contribution in [2.45, 2.75) is 0 Å². The second-order valence-electron chi connectivity index (χ2n) is 6.87. The van der Waals surface area contributed by atoms with Crippen LogP contribution in [0.3, 0.4) is 0 Å². The minimum absolute atomic E-state index is 0.547. The van der Waals surface area contributed by atoms with Crippen molar-refractivity contribution < 1.29 is 4.74 Å². The van der Waals surface area contributed by atoms with Gasteiger partial charge in [0.2, 0.25) is 5.88 Å². The van der Waals surface area contributed by atoms with Gasteiger partial charge < -0.3 is 4.74 Å². The van der Waals surface area contributed by atoms with Crippen molar-refractivity contribution in [1.82, 2.24) is 9.97 Å². The molecule has 1 aromatic heterocycles. The van der Waals surface area contributed by atoms with Crippen LogP contribution in [0.25, 0.3) is 33.4 Å². The first-order valence-electron chi connectivity index (χ1n) is 9.62. The number of halogens is 1. The fourth-order valence-electron chi connectivity index (χ4n) is 3.31. The highest BCUT2D eigenvalue weighted by molar-refractivity contribution is 9.10. The van der Waals surface area contributed by atoms with Crippen LogP contribution in [0.2, 0.25) is 0 Å². The van der Waals surface area contributed by atoms with E-state index >= 15 is 0 Å². The Bertz CT molecular complexity index is 1300. The van der Waals surface area contributed by atoms with Crippen molar-refractivity contribution in [3.05, 3.63) is 108 Å². The lowest BCUT2D eigenvalue weighted by Crippen LogP contribution is -1.96. The Balaban J connectivity index is 1.52. The average molecular weight is 453 g/mol. The molecule has 0 bridgehead atoms. The summed E-state index contributed by atoms with van der Waals surface area (Å²) >= 11 is 3.47. The zero-order valence-corrected chi connectivity index (χ0v) is 17.6. The van der Waals surface area contributed by atoms with Crippen LogP contribution in [0.1, 0.15) is 0 Å². The molecule has 0 aliphatic carbocycles. The Morgan fingerprint density at radius 1 is 0.567 bits per heavy atom. The van der Waals surface area contributed by atoms with Crippen molar-refractivity contribution >= 4 is 26.8 Å². The Morgan fingerprint density at radius 3 is 1.97 bits per heavy atom. The topological polar surface area (TPSA) is 35.0 Å². The second-order valence-corrected chi connectivity index (χ2v) is 7.78. The molecule has 0 spiro atoms. The summed E-state index contributed by atoms with van der Waals surface area (Å²) in [5, 5.41) is 0.880. The van der Waals surface area contributed by atoms with E-state index < -0.39 is 0 Å². The van der Waals surface area contributed by atoms with Crippen LogP contribution in [-0.2, 0) is 0 Å². The van der Waals surface area contributed by atoms with Crippen LogP contribution in [0.4, 0.5) is 0 Å². The molecule has 0 unspecified atom stereocenters. The number of hydrogen-bond donors (Lipinski definition) is 0. The van der Waals surface area contributed by atoms with E-state index in [1.165, 1.54) is 5.56 Å². The van der Waals surface area contributed by atoms with Crippen LogP contribution in [-0.4, -0.2) is 9.97 Å². The number of rotatable bonds is 4. The standard InChI is InChI=1S/C26H17BrN2O/c27-21-14-10-20(11-15-21)25-28-24-9-5-4-8-23(24)26(29-25)30-22-16-12-19(13-17-22)18-6-2-1-3-7-18/h1-17H. The number of hydrogen-bond acceptors (Lipinski definition) is 3. The summed E-state index contributed by atoms with van der Waals surface area (Å²) in [5.41, 5.74) is 4.11. The van der Waals surface area contributed by atoms with E-state index in [1.54, 1.807) is 0 Å². The van der Waals surface area contributed by atoms with E-state index in [0.29, 0.717) is 11.7 Å². The maximum atomic E-state index is 6.21. The third-order valence-electron chi connectivity index (χ3n) is 4.85. The molecule has 1 heterocycles. The molecule has 0 amide bonds. The summed E-state index contributed by atoms with van der Waals surface area (Å²) < 4.78 is 7.22. The largest absolute Gasteiger partial charge is 0.438 e. The number of ether oxygens (including phenoxy) is 1. The molecule has 0 aliphatic heterocycles. The van der Waals surface area contributed by atoms with Crippen molar-refractivity contribution in [3.8, 4) is 34.1 Å². The summed E-state index contributed by atoms with van der Waals surface area (Å²) in [6, 6.07) is 34.2. The van der Waals surface area contributed by atoms with E-state index in [-0.39, 0.29) is 0 Å². The number of benzene rings is 4. The zero-order chi connectivity index (χ0) is 20.3. The van der Waals surface area contributed by atoms with Gasteiger partial charge in [-0.25, -0.2) is 4.98 Å². The quantitative estimate of drug-likeness (QED) is 0.282. The second kappa shape index (κ2) is 8.09. The zero-order valence-electron chi connectivity index (χ0n) is 16.0. The third-order valence-corrected chi connectivity index (χ3v) is 5.38. The lowest BCUT2D eigenvalue weighted by molar-refractivity contribution is 0.469. The molecular formula is C26H17BrN2O. The SMILES string of the molecule is Brc1ccc(-c2nc(Oc3ccc(-c4ccccc4)cc3)c3ccccc3n2)cc1. The van der Waals surface area contributed by atoms with Crippen molar-refractivity contribution in [3.63, 3.8) is 0 Å². The summed E-state index contributed by atoms with van der Waals surface area (Å²) in [4.78, 5) is 9.45. The van der Waals surface area contributed by atoms with E-state index in [0.717, 1.165) is 32.3 Å². The van der Waals surface area contributed by atoms with Crippen molar-refractivity contribution in [2.24, 2.45) is 0 Å². The van der Waals surface area contributed by atoms with Gasteiger partial charge in [-0.15, -0.1) is 0 Å². The third kappa shape index (κ3) is 3.82. The maximum absolute atomic E-state index is 6.21. The van der Waals surface area contributed by atoms with Gasteiger partial charge in [0, 0.05) is 10.0 Å². The fraction of sp³-hybridized carbons (Fsp3) is 0. The van der Waals surface area contributed by atoms with Gasteiger partial charge in [-0.3, -0.25) is 0 Å². The fourth-order valence-corrected chi connectivity index (χ4v) is 3.58. The van der Waals surface area contributed by atoms with Crippen LogP contribution in [0.15, 0.2) is 108 Å². The molecule has 4 aromatic carbocycles. The number of para-hydroxylation sites is 1. The molecule has 0 saturated carbocycles. The first kappa shape index (κ1) is 18.5. The molecule has 0 aliphatic rings. The highest BCUT2D eigenvalue weighted by Gasteiger charge is 2.11. The Morgan fingerprint density at radius 2 is 1.20 bits per heavy atom. The normalized spacial score (nSPS) is 10.8. The first-order valence-corrected chi connectivity index (χ1v) is 10.4. The highest BCUT2D eigenvalue weighted by Crippen LogP contribution is 2.31. The summed E-state index contributed by atoms with van der Waals surface area (Å²) in [5.74, 6) is 1.92. The van der Waals surface area contributed by atoms with Gasteiger partial charge in [-0.2, -0.15) is 4.98 Å². The van der Waals surface area contributed by atoms with Gasteiger partial charge in [0.05, 0.1) is 10.9 Å². The van der Waals surface area contributed by atoms with Crippen LogP contribution < -0.4 is 4.74 Å². The minimum Gasteiger partial charge on any atom is -0.438 e. The van der Waals surface area contributed by atoms with Crippen LogP contribution in [0.5, 0.6) is 11.6 Å². The molecular weight excluding hydrogens is 436 g/mol. The monoisotopic (exact) mass is 452 g/mol. The van der Waals surface area contributed by atoms with Gasteiger partial charge in [-0.1, -0.05) is 82.7 Å². The van der Waals surface area contributed by atoms with E-state index in [2.05, 4.69) is 40.2 Å². The maximum Gasteiger partial charge on any atom is 0.230 e. The molecule has 5 aromatic rings. The van der Waals surface area contributed by atoms with Crippen molar-refractivity contribution in [2.75, 3.05) is 0 Å². The minimum atomic E-state index is 0.547. The van der Waals surface area contributed by atoms with Gasteiger partial charge in [0.1, 0.15) is 5.75 Å². The van der Waals surface area contributed by atoms with Crippen LogP contribution >= 0.6 is 15.9 Å². The van der Waals surface area contributed by atoms with Gasteiger partial charge in [-0.05, 0) is 47.5 Å². The lowest BCUT2D eigenvalue weighted by atomic mass is 10.1. The molecule has 144 valence electrons. The van der Waals surface area contributed by atoms with Crippen LogP contribution in [0, 0.1) is 0 Å². The summed E-state index contributed by atoms with van der Waals surface area (Å²) in [6.07, 6.45) is 0. The molecule has 0 N–H and O–H groups in total. The number of aromatic nitrogens is 2. The van der Waals surface area contributed by atoms with Crippen molar-refractivity contribution in [1.29, 1.82) is 0 Å². The molecule has 3 nitrogen and oxygen atoms in total. The Kier molecular flexibility index (Phi) is 4.99. The Labute approximate surface area is 183 Å². The summed E-state index contributed by atoms with van der Waals surface area (Å²) in [6.45, 7) is 0. The molecule has 0 radical (unpaired) electrons. The van der Waals surface area contributed by atoms with Gasteiger partial charge >= 0.3 is 0 Å². The van der Waals surface area contributed by atoms with E-state index in [1.807, 2.05) is 78.9 Å². The summed E-state index contributed by atoms with van der Waals surface area (Å²) in [7, 11) is 0. The first-order chi connectivity index (χ1) is 14.8. The lowest BCUT2D eigenvalue weighted by Gasteiger charge is -2.11. The Hall–Kier alpha value is -3.50. The van der Waals surface area contributed by atoms with Gasteiger partial charge in [0.25, 0.3) is 0 Å². The predicted octanol–water partition coefficient (Wildman–Crippen LogP) is 7.52. The molecule has 5 rings (SSSR count). The van der Waals surface area contributed by atoms with Gasteiger partial charge in [0.15, 0.2) is 5.82 Å². The number of nitrogens with zero attached hydrogens (tertiary/aromatic N) is 2. The molecule has 30 heavy (non-hydrogen) atoms. The van der Waals surface area contributed by atoms with E-state index in [9.17, 15) is 0 Å². The molecule has 0 fully saturated rings. The average Bonchev–Trinajstić information content (AvgIpc) is 2.80. The molecule has 4 heteroatoms. The number of fused-ring (bicyclic) bond motifs is 1. The molecule has 0 saturated heterocycles. The molecule has 0 atom stereocenters. The smallest absolute Gasteiger partial charge is 0.230 e. The highest BCUT2D eigenvalue weighted by atomic mass is 79.9. The predicted molar refractivity (Wildman–Crippen MR) is 125 cm³/mol. The van der Waals surface area contributed by atoms with E-state index in [4.69, 9.17) is 14.7 Å².